The van der Waals surface area contributed by atoms with Crippen molar-refractivity contribution in [3.63, 3.8) is 0 Å². The average molecular weight is 519 g/mol. The maximum atomic E-state index is 13.7. The first-order valence-corrected chi connectivity index (χ1v) is 12.3. The van der Waals surface area contributed by atoms with Crippen molar-refractivity contribution in [3.8, 4) is 0 Å². The normalized spacial score (nSPS) is 15.7. The van der Waals surface area contributed by atoms with Crippen LogP contribution in [0.5, 0.6) is 0 Å². The number of hydrogen-bond acceptors (Lipinski definition) is 5. The number of anilines is 2. The third kappa shape index (κ3) is 5.18. The van der Waals surface area contributed by atoms with Crippen molar-refractivity contribution in [3.05, 3.63) is 84.2 Å². The number of para-hydroxylation sites is 2. The molecule has 3 aromatic rings. The summed E-state index contributed by atoms with van der Waals surface area (Å²) < 4.78 is 69.0. The van der Waals surface area contributed by atoms with E-state index in [9.17, 15) is 31.2 Å². The number of amides is 2. The molecule has 12 heteroatoms. The first-order chi connectivity index (χ1) is 17.1. The van der Waals surface area contributed by atoms with Crippen molar-refractivity contribution in [1.82, 2.24) is 10.3 Å². The molecule has 1 aliphatic heterocycles. The SMILES string of the molecule is O=C(CC1C(=O)Nc2ccccc2N1S(=O)(=O)c1ccccc1C(F)(F)F)NCCc1ccncc1. The van der Waals surface area contributed by atoms with Crippen molar-refractivity contribution in [2.75, 3.05) is 16.2 Å². The molecule has 2 aromatic carbocycles. The average Bonchev–Trinajstić information content (AvgIpc) is 2.84. The molecule has 36 heavy (non-hydrogen) atoms. The van der Waals surface area contributed by atoms with Crippen LogP contribution in [-0.4, -0.2) is 37.8 Å². The first-order valence-electron chi connectivity index (χ1n) is 10.8. The van der Waals surface area contributed by atoms with E-state index in [2.05, 4.69) is 15.6 Å². The molecular formula is C24H21F3N4O4S. The summed E-state index contributed by atoms with van der Waals surface area (Å²) in [5.74, 6) is -1.46. The lowest BCUT2D eigenvalue weighted by molar-refractivity contribution is -0.139. The van der Waals surface area contributed by atoms with Gasteiger partial charge in [0.1, 0.15) is 6.04 Å². The summed E-state index contributed by atoms with van der Waals surface area (Å²) in [6.07, 6.45) is -1.88. The highest BCUT2D eigenvalue weighted by Crippen LogP contribution is 2.40. The van der Waals surface area contributed by atoms with Crippen molar-refractivity contribution in [1.29, 1.82) is 0 Å². The molecule has 0 spiro atoms. The predicted molar refractivity (Wildman–Crippen MR) is 126 cm³/mol. The van der Waals surface area contributed by atoms with Crippen LogP contribution in [-0.2, 0) is 32.2 Å². The first kappa shape index (κ1) is 25.2. The minimum atomic E-state index is -4.96. The zero-order valence-corrected chi connectivity index (χ0v) is 19.5. The molecule has 0 fully saturated rings. The van der Waals surface area contributed by atoms with Crippen LogP contribution in [0.25, 0.3) is 0 Å². The monoisotopic (exact) mass is 518 g/mol. The van der Waals surface area contributed by atoms with Gasteiger partial charge in [-0.1, -0.05) is 24.3 Å². The molecule has 0 saturated carbocycles. The standard InChI is InChI=1S/C24H21F3N4O4S/c25-24(26,27)17-5-1-4-8-21(17)36(34,35)31-19-7-3-2-6-18(19)30-23(33)20(31)15-22(32)29-14-11-16-9-12-28-13-10-16/h1-10,12-13,20H,11,14-15H2,(H,29,32)(H,30,33). The number of fused-ring (bicyclic) bond motifs is 1. The van der Waals surface area contributed by atoms with Crippen molar-refractivity contribution in [2.45, 2.75) is 30.0 Å². The van der Waals surface area contributed by atoms with Crippen molar-refractivity contribution >= 4 is 33.2 Å². The van der Waals surface area contributed by atoms with E-state index in [4.69, 9.17) is 0 Å². The number of sulfonamides is 1. The molecule has 2 heterocycles. The summed E-state index contributed by atoms with van der Waals surface area (Å²) in [6.45, 7) is 0.206. The second-order valence-electron chi connectivity index (χ2n) is 7.98. The van der Waals surface area contributed by atoms with Crippen LogP contribution in [0.3, 0.4) is 0 Å². The molecule has 188 valence electrons. The molecule has 1 aliphatic rings. The van der Waals surface area contributed by atoms with Crippen LogP contribution in [0.1, 0.15) is 17.5 Å². The zero-order chi connectivity index (χ0) is 25.9. The van der Waals surface area contributed by atoms with Gasteiger partial charge in [-0.2, -0.15) is 13.2 Å². The van der Waals surface area contributed by atoms with E-state index in [0.29, 0.717) is 16.8 Å². The Balaban J connectivity index is 1.66. The van der Waals surface area contributed by atoms with Crippen LogP contribution >= 0.6 is 0 Å². The third-order valence-corrected chi connectivity index (χ3v) is 7.46. The zero-order valence-electron chi connectivity index (χ0n) is 18.7. The number of alkyl halides is 3. The fourth-order valence-corrected chi connectivity index (χ4v) is 5.76. The molecule has 1 atom stereocenters. The highest BCUT2D eigenvalue weighted by molar-refractivity contribution is 7.93. The maximum Gasteiger partial charge on any atom is 0.417 e. The van der Waals surface area contributed by atoms with Crippen LogP contribution in [0.2, 0.25) is 0 Å². The van der Waals surface area contributed by atoms with E-state index in [1.165, 1.54) is 24.3 Å². The van der Waals surface area contributed by atoms with E-state index in [0.717, 1.165) is 17.7 Å². The number of nitrogens with one attached hydrogen (secondary N) is 2. The highest BCUT2D eigenvalue weighted by atomic mass is 32.2. The smallest absolute Gasteiger partial charge is 0.356 e. The van der Waals surface area contributed by atoms with E-state index in [-0.39, 0.29) is 17.9 Å². The van der Waals surface area contributed by atoms with E-state index < -0.39 is 50.9 Å². The highest BCUT2D eigenvalue weighted by Gasteiger charge is 2.45. The summed E-state index contributed by atoms with van der Waals surface area (Å²) in [5, 5.41) is 5.17. The lowest BCUT2D eigenvalue weighted by atomic mass is 10.1. The Morgan fingerprint density at radius 3 is 2.42 bits per heavy atom. The Hall–Kier alpha value is -3.93. The number of nitrogens with zero attached hydrogens (tertiary/aromatic N) is 2. The Morgan fingerprint density at radius 1 is 1.03 bits per heavy atom. The van der Waals surface area contributed by atoms with Crippen molar-refractivity contribution in [2.24, 2.45) is 0 Å². The number of hydrogen-bond donors (Lipinski definition) is 2. The van der Waals surface area contributed by atoms with Gasteiger partial charge in [0.15, 0.2) is 0 Å². The molecule has 0 bridgehead atoms. The summed E-state index contributed by atoms with van der Waals surface area (Å²) in [6, 6.07) is 11.5. The summed E-state index contributed by atoms with van der Waals surface area (Å²) in [5.41, 5.74) is -0.398. The van der Waals surface area contributed by atoms with Gasteiger partial charge < -0.3 is 10.6 Å². The second-order valence-corrected chi connectivity index (χ2v) is 9.76. The number of aromatic nitrogens is 1. The Bertz CT molecular complexity index is 1380. The molecule has 2 amide bonds. The summed E-state index contributed by atoms with van der Waals surface area (Å²) >= 11 is 0. The quantitative estimate of drug-likeness (QED) is 0.499. The van der Waals surface area contributed by atoms with E-state index in [1.807, 2.05) is 0 Å². The molecule has 0 saturated heterocycles. The van der Waals surface area contributed by atoms with Gasteiger partial charge in [-0.15, -0.1) is 0 Å². The summed E-state index contributed by atoms with van der Waals surface area (Å²) in [4.78, 5) is 28.5. The number of benzene rings is 2. The Labute approximate surface area is 205 Å². The number of pyridine rings is 1. The number of halogens is 3. The number of rotatable bonds is 7. The van der Waals surface area contributed by atoms with E-state index in [1.54, 1.807) is 30.6 Å². The van der Waals surface area contributed by atoms with Gasteiger partial charge in [-0.3, -0.25) is 18.9 Å². The minimum Gasteiger partial charge on any atom is -0.356 e. The van der Waals surface area contributed by atoms with Gasteiger partial charge in [0, 0.05) is 18.9 Å². The summed E-state index contributed by atoms with van der Waals surface area (Å²) in [7, 11) is -4.91. The van der Waals surface area contributed by atoms with Crippen LogP contribution in [0.15, 0.2) is 78.0 Å². The molecule has 8 nitrogen and oxygen atoms in total. The Kier molecular flexibility index (Phi) is 6.97. The molecular weight excluding hydrogens is 497 g/mol. The molecule has 0 aliphatic carbocycles. The molecule has 2 N–H and O–H groups in total. The van der Waals surface area contributed by atoms with Crippen molar-refractivity contribution < 1.29 is 31.2 Å². The van der Waals surface area contributed by atoms with Gasteiger partial charge in [0.2, 0.25) is 11.8 Å². The van der Waals surface area contributed by atoms with Gasteiger partial charge in [0.25, 0.3) is 10.0 Å². The fraction of sp³-hybridized carbons (Fsp3) is 0.208. The predicted octanol–water partition coefficient (Wildman–Crippen LogP) is 3.37. The number of carbonyl (C=O) groups excluding carboxylic acids is 2. The largest absolute Gasteiger partial charge is 0.417 e. The minimum absolute atomic E-state index is 0.0383. The molecule has 0 radical (unpaired) electrons. The number of carbonyl (C=O) groups is 2. The van der Waals surface area contributed by atoms with Crippen LogP contribution in [0, 0.1) is 0 Å². The fourth-order valence-electron chi connectivity index (χ4n) is 3.91. The van der Waals surface area contributed by atoms with Gasteiger partial charge >= 0.3 is 6.18 Å². The Morgan fingerprint density at radius 2 is 1.69 bits per heavy atom. The lowest BCUT2D eigenvalue weighted by Crippen LogP contribution is -2.53. The molecule has 4 rings (SSSR count). The molecule has 1 aromatic heterocycles. The van der Waals surface area contributed by atoms with E-state index >= 15 is 0 Å². The van der Waals surface area contributed by atoms with Crippen LogP contribution < -0.4 is 14.9 Å². The lowest BCUT2D eigenvalue weighted by Gasteiger charge is -2.37. The van der Waals surface area contributed by atoms with Gasteiger partial charge in [-0.05, 0) is 48.4 Å². The van der Waals surface area contributed by atoms with Crippen LogP contribution in [0.4, 0.5) is 24.5 Å². The topological polar surface area (TPSA) is 108 Å². The molecule has 1 unspecified atom stereocenters. The second kappa shape index (κ2) is 9.97. The van der Waals surface area contributed by atoms with Gasteiger partial charge in [0.05, 0.1) is 28.3 Å². The maximum absolute atomic E-state index is 13.7. The van der Waals surface area contributed by atoms with Gasteiger partial charge in [-0.25, -0.2) is 8.42 Å². The third-order valence-electron chi connectivity index (χ3n) is 5.58.